The van der Waals surface area contributed by atoms with Gasteiger partial charge < -0.3 is 9.88 Å². The second-order valence-corrected chi connectivity index (χ2v) is 9.36. The van der Waals surface area contributed by atoms with Gasteiger partial charge in [-0.15, -0.1) is 0 Å². The van der Waals surface area contributed by atoms with Crippen molar-refractivity contribution >= 4 is 38.3 Å². The predicted octanol–water partition coefficient (Wildman–Crippen LogP) is 4.64. The minimum absolute atomic E-state index is 0.0291. The molecule has 1 aromatic heterocycles. The monoisotopic (exact) mass is 448 g/mol. The molecule has 0 aliphatic heterocycles. The topological polar surface area (TPSA) is 93.1 Å². The highest BCUT2D eigenvalue weighted by molar-refractivity contribution is 7.92. The number of anilines is 2. The van der Waals surface area contributed by atoms with Crippen LogP contribution < -0.4 is 10.0 Å². The van der Waals surface area contributed by atoms with Gasteiger partial charge in [-0.05, 0) is 61.0 Å². The van der Waals surface area contributed by atoms with E-state index in [2.05, 4.69) is 10.0 Å². The number of carbonyl (C=O) groups is 1. The average molecular weight is 449 g/mol. The predicted molar refractivity (Wildman–Crippen MR) is 128 cm³/mol. The maximum atomic E-state index is 12.7. The highest BCUT2D eigenvalue weighted by Gasteiger charge is 2.13. The van der Waals surface area contributed by atoms with E-state index in [4.69, 9.17) is 4.98 Å². The summed E-state index contributed by atoms with van der Waals surface area (Å²) in [5.41, 5.74) is 4.28. The fourth-order valence-corrected chi connectivity index (χ4v) is 4.66. The second-order valence-electron chi connectivity index (χ2n) is 7.52. The van der Waals surface area contributed by atoms with Gasteiger partial charge in [0.15, 0.2) is 0 Å². The van der Waals surface area contributed by atoms with Crippen LogP contribution in [0.25, 0.3) is 22.4 Å². The zero-order valence-corrected chi connectivity index (χ0v) is 18.7. The highest BCUT2D eigenvalue weighted by atomic mass is 32.2. The molecule has 0 spiro atoms. The number of benzene rings is 3. The van der Waals surface area contributed by atoms with E-state index in [1.54, 1.807) is 25.1 Å². The van der Waals surface area contributed by atoms with Crippen LogP contribution in [0.2, 0.25) is 0 Å². The van der Waals surface area contributed by atoms with Crippen LogP contribution in [-0.4, -0.2) is 29.6 Å². The third-order valence-corrected chi connectivity index (χ3v) is 6.55. The number of para-hydroxylation sites is 2. The molecule has 0 aliphatic rings. The molecular formula is C24H24N4O3S. The Morgan fingerprint density at radius 1 is 0.969 bits per heavy atom. The van der Waals surface area contributed by atoms with Crippen LogP contribution in [0.4, 0.5) is 11.4 Å². The zero-order valence-electron chi connectivity index (χ0n) is 17.9. The first-order chi connectivity index (χ1) is 15.4. The van der Waals surface area contributed by atoms with Crippen LogP contribution >= 0.6 is 0 Å². The van der Waals surface area contributed by atoms with E-state index in [9.17, 15) is 13.2 Å². The molecule has 0 saturated carbocycles. The van der Waals surface area contributed by atoms with E-state index in [0.717, 1.165) is 22.4 Å². The van der Waals surface area contributed by atoms with Crippen LogP contribution in [0, 0.1) is 0 Å². The quantitative estimate of drug-likeness (QED) is 0.431. The SMILES string of the molecule is CCCS(=O)(=O)Nc1cccc(C(=O)Nc2ccc(-c3nc4ccccc4n3C)cc2)c1. The largest absolute Gasteiger partial charge is 0.327 e. The van der Waals surface area contributed by atoms with Crippen LogP contribution in [0.15, 0.2) is 72.8 Å². The number of nitrogens with one attached hydrogen (secondary N) is 2. The lowest BCUT2D eigenvalue weighted by molar-refractivity contribution is 0.102. The van der Waals surface area contributed by atoms with Gasteiger partial charge >= 0.3 is 0 Å². The van der Waals surface area contributed by atoms with E-state index in [1.807, 2.05) is 60.1 Å². The molecule has 0 radical (unpaired) electrons. The summed E-state index contributed by atoms with van der Waals surface area (Å²) in [6.45, 7) is 1.80. The summed E-state index contributed by atoms with van der Waals surface area (Å²) in [4.78, 5) is 17.4. The molecule has 0 bridgehead atoms. The van der Waals surface area contributed by atoms with Gasteiger partial charge in [0.1, 0.15) is 5.82 Å². The van der Waals surface area contributed by atoms with Gasteiger partial charge in [0, 0.05) is 29.5 Å². The number of aromatic nitrogens is 2. The number of rotatable bonds is 7. The Bertz CT molecular complexity index is 1380. The number of amides is 1. The molecule has 0 aliphatic carbocycles. The molecule has 0 unspecified atom stereocenters. The first-order valence-corrected chi connectivity index (χ1v) is 12.0. The first kappa shape index (κ1) is 21.6. The Labute approximate surface area is 187 Å². The molecular weight excluding hydrogens is 424 g/mol. The molecule has 0 atom stereocenters. The molecule has 8 heteroatoms. The summed E-state index contributed by atoms with van der Waals surface area (Å²) in [5.74, 6) is 0.551. The maximum Gasteiger partial charge on any atom is 0.255 e. The Hall–Kier alpha value is -3.65. The van der Waals surface area contributed by atoms with Crippen molar-refractivity contribution in [3.63, 3.8) is 0 Å². The van der Waals surface area contributed by atoms with Gasteiger partial charge in [-0.2, -0.15) is 0 Å². The Balaban J connectivity index is 1.49. The van der Waals surface area contributed by atoms with Gasteiger partial charge in [0.2, 0.25) is 10.0 Å². The van der Waals surface area contributed by atoms with Gasteiger partial charge in [0.25, 0.3) is 5.91 Å². The van der Waals surface area contributed by atoms with E-state index in [1.165, 1.54) is 6.07 Å². The van der Waals surface area contributed by atoms with Crippen LogP contribution in [0.5, 0.6) is 0 Å². The number of hydrogen-bond acceptors (Lipinski definition) is 4. The minimum atomic E-state index is -3.42. The molecule has 3 aromatic carbocycles. The second kappa shape index (κ2) is 8.84. The number of sulfonamides is 1. The van der Waals surface area contributed by atoms with Crippen molar-refractivity contribution in [2.24, 2.45) is 7.05 Å². The molecule has 0 fully saturated rings. The number of imidazole rings is 1. The standard InChI is InChI=1S/C24H24N4O3S/c1-3-15-32(30,31)27-20-8-6-7-18(16-20)24(29)25-19-13-11-17(12-14-19)23-26-21-9-4-5-10-22(21)28(23)2/h4-14,16,27H,3,15H2,1-2H3,(H,25,29). The van der Waals surface area contributed by atoms with E-state index < -0.39 is 10.0 Å². The lowest BCUT2D eigenvalue weighted by Crippen LogP contribution is -2.17. The molecule has 0 saturated heterocycles. The third-order valence-electron chi connectivity index (χ3n) is 5.06. The number of carbonyl (C=O) groups excluding carboxylic acids is 1. The highest BCUT2D eigenvalue weighted by Crippen LogP contribution is 2.25. The van der Waals surface area contributed by atoms with Gasteiger partial charge in [0.05, 0.1) is 16.8 Å². The summed E-state index contributed by atoms with van der Waals surface area (Å²) in [5, 5.41) is 2.85. The van der Waals surface area contributed by atoms with E-state index >= 15 is 0 Å². The fourth-order valence-electron chi connectivity index (χ4n) is 3.53. The minimum Gasteiger partial charge on any atom is -0.327 e. The summed E-state index contributed by atoms with van der Waals surface area (Å²) >= 11 is 0. The fraction of sp³-hybridized carbons (Fsp3) is 0.167. The number of hydrogen-bond donors (Lipinski definition) is 2. The molecule has 164 valence electrons. The molecule has 4 aromatic rings. The molecule has 7 nitrogen and oxygen atoms in total. The molecule has 1 heterocycles. The Kier molecular flexibility index (Phi) is 5.96. The molecule has 4 rings (SSSR count). The number of aryl methyl sites for hydroxylation is 1. The van der Waals surface area contributed by atoms with Crippen LogP contribution in [0.3, 0.4) is 0 Å². The van der Waals surface area contributed by atoms with Crippen molar-refractivity contribution < 1.29 is 13.2 Å². The third kappa shape index (κ3) is 4.65. The summed E-state index contributed by atoms with van der Waals surface area (Å²) < 4.78 is 28.5. The van der Waals surface area contributed by atoms with Crippen molar-refractivity contribution in [1.29, 1.82) is 0 Å². The van der Waals surface area contributed by atoms with Crippen molar-refractivity contribution in [2.75, 3.05) is 15.8 Å². The maximum absolute atomic E-state index is 12.7. The van der Waals surface area contributed by atoms with Gasteiger partial charge in [-0.25, -0.2) is 13.4 Å². The van der Waals surface area contributed by atoms with Crippen molar-refractivity contribution in [3.8, 4) is 11.4 Å². The lowest BCUT2D eigenvalue weighted by atomic mass is 10.1. The average Bonchev–Trinajstić information content (AvgIpc) is 3.11. The zero-order chi connectivity index (χ0) is 22.7. The first-order valence-electron chi connectivity index (χ1n) is 10.3. The van der Waals surface area contributed by atoms with Crippen LogP contribution in [0.1, 0.15) is 23.7 Å². The van der Waals surface area contributed by atoms with Crippen molar-refractivity contribution in [3.05, 3.63) is 78.4 Å². The Morgan fingerprint density at radius 2 is 1.72 bits per heavy atom. The summed E-state index contributed by atoms with van der Waals surface area (Å²) in [6, 6.07) is 21.8. The lowest BCUT2D eigenvalue weighted by Gasteiger charge is -2.10. The Morgan fingerprint density at radius 3 is 2.44 bits per heavy atom. The van der Waals surface area contributed by atoms with E-state index in [-0.39, 0.29) is 11.7 Å². The smallest absolute Gasteiger partial charge is 0.255 e. The normalized spacial score (nSPS) is 11.4. The van der Waals surface area contributed by atoms with E-state index in [0.29, 0.717) is 23.4 Å². The van der Waals surface area contributed by atoms with Crippen LogP contribution in [-0.2, 0) is 17.1 Å². The number of nitrogens with zero attached hydrogens (tertiary/aromatic N) is 2. The number of fused-ring (bicyclic) bond motifs is 1. The molecule has 2 N–H and O–H groups in total. The molecule has 1 amide bonds. The summed E-state index contributed by atoms with van der Waals surface area (Å²) in [7, 11) is -1.45. The van der Waals surface area contributed by atoms with Crippen molar-refractivity contribution in [1.82, 2.24) is 9.55 Å². The van der Waals surface area contributed by atoms with Gasteiger partial charge in [-0.1, -0.05) is 25.1 Å². The van der Waals surface area contributed by atoms with Gasteiger partial charge in [-0.3, -0.25) is 9.52 Å². The van der Waals surface area contributed by atoms with Crippen molar-refractivity contribution in [2.45, 2.75) is 13.3 Å². The summed E-state index contributed by atoms with van der Waals surface area (Å²) in [6.07, 6.45) is 0.514. The molecule has 32 heavy (non-hydrogen) atoms.